The van der Waals surface area contributed by atoms with Crippen molar-refractivity contribution in [1.82, 2.24) is 9.97 Å². The molecule has 0 unspecified atom stereocenters. The van der Waals surface area contributed by atoms with Gasteiger partial charge in [0.25, 0.3) is 5.91 Å². The van der Waals surface area contributed by atoms with Gasteiger partial charge in [-0.2, -0.15) is 4.98 Å². The topological polar surface area (TPSA) is 128 Å². The average Bonchev–Trinajstić information content (AvgIpc) is 3.63. The summed E-state index contributed by atoms with van der Waals surface area (Å²) in [6, 6.07) is 6.45. The molecule has 1 aromatic carbocycles. The number of aromatic nitrogens is 2. The van der Waals surface area contributed by atoms with E-state index < -0.39 is 28.6 Å². The van der Waals surface area contributed by atoms with Crippen LogP contribution in [0, 0.1) is 5.41 Å². The van der Waals surface area contributed by atoms with Crippen LogP contribution in [-0.2, 0) is 10.0 Å². The molecular formula is C25H33FN6O4S. The molecule has 10 nitrogen and oxygen atoms in total. The Morgan fingerprint density at radius 1 is 1.08 bits per heavy atom. The van der Waals surface area contributed by atoms with Gasteiger partial charge in [0.15, 0.2) is 0 Å². The van der Waals surface area contributed by atoms with Gasteiger partial charge >= 0.3 is 0 Å². The Morgan fingerprint density at radius 2 is 1.81 bits per heavy atom. The molecule has 3 heterocycles. The summed E-state index contributed by atoms with van der Waals surface area (Å²) in [5.74, 6) is 0.0186. The predicted octanol–water partition coefficient (Wildman–Crippen LogP) is 2.78. The molecule has 0 bridgehead atoms. The number of halogens is 1. The molecule has 3 fully saturated rings. The van der Waals surface area contributed by atoms with E-state index in [0.29, 0.717) is 60.1 Å². The SMILES string of the molecule is O=C(Nc1ccnc(N2CCC(F)CC2)n1)c1ccc(NS(=O)(=O)CCO)cc1N1CCC2(CC1)CC2. The van der Waals surface area contributed by atoms with Crippen molar-refractivity contribution in [3.8, 4) is 0 Å². The number of carbonyl (C=O) groups is 1. The first-order valence-electron chi connectivity index (χ1n) is 12.8. The highest BCUT2D eigenvalue weighted by Crippen LogP contribution is 2.54. The number of sulfonamides is 1. The van der Waals surface area contributed by atoms with Crippen LogP contribution in [-0.4, -0.2) is 74.1 Å². The fourth-order valence-corrected chi connectivity index (χ4v) is 5.93. The van der Waals surface area contributed by atoms with Crippen LogP contribution in [0.2, 0.25) is 0 Å². The first kappa shape index (κ1) is 25.7. The maximum Gasteiger partial charge on any atom is 0.258 e. The van der Waals surface area contributed by atoms with Gasteiger partial charge in [0.1, 0.15) is 12.0 Å². The Bertz CT molecular complexity index is 1240. The van der Waals surface area contributed by atoms with Crippen molar-refractivity contribution in [1.29, 1.82) is 0 Å². The van der Waals surface area contributed by atoms with Crippen LogP contribution in [0.3, 0.4) is 0 Å². The highest BCUT2D eigenvalue weighted by Gasteiger charge is 2.44. The maximum absolute atomic E-state index is 13.5. The number of alkyl halides is 1. The van der Waals surface area contributed by atoms with Crippen LogP contribution in [0.25, 0.3) is 0 Å². The number of nitrogens with zero attached hydrogens (tertiary/aromatic N) is 4. The largest absolute Gasteiger partial charge is 0.395 e. The van der Waals surface area contributed by atoms with E-state index >= 15 is 0 Å². The highest BCUT2D eigenvalue weighted by atomic mass is 32.2. The first-order valence-corrected chi connectivity index (χ1v) is 14.4. The third kappa shape index (κ3) is 6.12. The van der Waals surface area contributed by atoms with Crippen molar-refractivity contribution < 1.29 is 22.7 Å². The number of carbonyl (C=O) groups excluding carboxylic acids is 1. The summed E-state index contributed by atoms with van der Waals surface area (Å²) in [5, 5.41) is 11.9. The maximum atomic E-state index is 13.5. The molecule has 2 aromatic rings. The number of anilines is 4. The Kier molecular flexibility index (Phi) is 7.21. The summed E-state index contributed by atoms with van der Waals surface area (Å²) in [5.41, 5.74) is 1.84. The fourth-order valence-electron chi connectivity index (χ4n) is 5.10. The summed E-state index contributed by atoms with van der Waals surface area (Å²) in [7, 11) is -3.71. The lowest BCUT2D eigenvalue weighted by molar-refractivity contribution is 0.102. The third-order valence-electron chi connectivity index (χ3n) is 7.59. The van der Waals surface area contributed by atoms with Crippen molar-refractivity contribution in [3.05, 3.63) is 36.0 Å². The zero-order chi connectivity index (χ0) is 26.0. The van der Waals surface area contributed by atoms with E-state index in [4.69, 9.17) is 5.11 Å². The zero-order valence-electron chi connectivity index (χ0n) is 20.7. The van der Waals surface area contributed by atoms with E-state index in [1.165, 1.54) is 12.8 Å². The molecule has 3 N–H and O–H groups in total. The normalized spacial score (nSPS) is 19.6. The molecule has 1 aliphatic carbocycles. The molecule has 0 radical (unpaired) electrons. The minimum Gasteiger partial charge on any atom is -0.395 e. The average molecular weight is 533 g/mol. The molecule has 1 spiro atoms. The number of aliphatic hydroxyl groups is 1. The van der Waals surface area contributed by atoms with Gasteiger partial charge < -0.3 is 20.2 Å². The lowest BCUT2D eigenvalue weighted by Crippen LogP contribution is -2.36. The molecule has 12 heteroatoms. The van der Waals surface area contributed by atoms with Crippen molar-refractivity contribution in [2.24, 2.45) is 5.41 Å². The second-order valence-electron chi connectivity index (χ2n) is 10.2. The summed E-state index contributed by atoms with van der Waals surface area (Å²) >= 11 is 0. The molecular weight excluding hydrogens is 499 g/mol. The molecule has 1 saturated carbocycles. The fraction of sp³-hybridized carbons (Fsp3) is 0.560. The quantitative estimate of drug-likeness (QED) is 0.474. The predicted molar refractivity (Wildman–Crippen MR) is 140 cm³/mol. The van der Waals surface area contributed by atoms with E-state index in [2.05, 4.69) is 24.9 Å². The number of aliphatic hydroxyl groups excluding tert-OH is 1. The standard InChI is InChI=1S/C25H33FN6O4S/c26-18-4-11-32(12-5-18)24-27-10-3-22(29-24)28-23(34)20-2-1-19(30-37(35,36)16-15-33)17-21(20)31-13-8-25(6-7-25)9-14-31/h1-3,10,17-18,30,33H,4-9,11-16H2,(H,27,28,29,34). The van der Waals surface area contributed by atoms with Crippen LogP contribution in [0.15, 0.2) is 30.5 Å². The van der Waals surface area contributed by atoms with Gasteiger partial charge in [-0.25, -0.2) is 17.8 Å². The van der Waals surface area contributed by atoms with Gasteiger partial charge in [-0.05, 0) is 68.2 Å². The molecule has 2 aliphatic heterocycles. The smallest absolute Gasteiger partial charge is 0.258 e. The van der Waals surface area contributed by atoms with E-state index in [1.54, 1.807) is 30.5 Å². The van der Waals surface area contributed by atoms with Crippen molar-refractivity contribution in [2.45, 2.75) is 44.7 Å². The number of benzene rings is 1. The minimum atomic E-state index is -3.71. The molecule has 3 aliphatic rings. The summed E-state index contributed by atoms with van der Waals surface area (Å²) < 4.78 is 40.5. The Labute approximate surface area is 216 Å². The summed E-state index contributed by atoms with van der Waals surface area (Å²) in [6.07, 6.45) is 6.18. The lowest BCUT2D eigenvalue weighted by Gasteiger charge is -2.35. The van der Waals surface area contributed by atoms with Gasteiger partial charge in [0, 0.05) is 32.4 Å². The first-order chi connectivity index (χ1) is 17.8. The van der Waals surface area contributed by atoms with Crippen LogP contribution >= 0.6 is 0 Å². The number of hydrogen-bond acceptors (Lipinski definition) is 8. The molecule has 0 atom stereocenters. The van der Waals surface area contributed by atoms with Gasteiger partial charge in [0.05, 0.1) is 29.3 Å². The van der Waals surface area contributed by atoms with E-state index in [1.807, 2.05) is 4.90 Å². The molecule has 200 valence electrons. The molecule has 5 rings (SSSR count). The van der Waals surface area contributed by atoms with E-state index in [0.717, 1.165) is 25.9 Å². The summed E-state index contributed by atoms with van der Waals surface area (Å²) in [4.78, 5) is 26.2. The van der Waals surface area contributed by atoms with Gasteiger partial charge in [-0.15, -0.1) is 0 Å². The second-order valence-corrected chi connectivity index (χ2v) is 12.1. The van der Waals surface area contributed by atoms with Crippen LogP contribution in [0.1, 0.15) is 48.9 Å². The van der Waals surface area contributed by atoms with E-state index in [9.17, 15) is 17.6 Å². The highest BCUT2D eigenvalue weighted by molar-refractivity contribution is 7.92. The Hall–Kier alpha value is -2.99. The molecule has 37 heavy (non-hydrogen) atoms. The number of hydrogen-bond donors (Lipinski definition) is 3. The zero-order valence-corrected chi connectivity index (χ0v) is 21.5. The van der Waals surface area contributed by atoms with Gasteiger partial charge in [-0.3, -0.25) is 9.52 Å². The number of rotatable bonds is 8. The Morgan fingerprint density at radius 3 is 2.49 bits per heavy atom. The van der Waals surface area contributed by atoms with Crippen LogP contribution in [0.4, 0.5) is 27.5 Å². The number of nitrogens with one attached hydrogen (secondary N) is 2. The summed E-state index contributed by atoms with van der Waals surface area (Å²) in [6.45, 7) is 2.13. The number of amides is 1. The minimum absolute atomic E-state index is 0.339. The molecule has 2 saturated heterocycles. The van der Waals surface area contributed by atoms with E-state index in [-0.39, 0.29) is 5.91 Å². The van der Waals surface area contributed by atoms with Crippen LogP contribution < -0.4 is 19.8 Å². The van der Waals surface area contributed by atoms with Gasteiger partial charge in [0.2, 0.25) is 16.0 Å². The van der Waals surface area contributed by atoms with Gasteiger partial charge in [-0.1, -0.05) is 0 Å². The van der Waals surface area contributed by atoms with Crippen molar-refractivity contribution in [3.63, 3.8) is 0 Å². The lowest BCUT2D eigenvalue weighted by atomic mass is 9.93. The molecule has 1 amide bonds. The second kappa shape index (κ2) is 10.4. The monoisotopic (exact) mass is 532 g/mol. The van der Waals surface area contributed by atoms with Crippen molar-refractivity contribution in [2.75, 3.05) is 58.4 Å². The Balaban J connectivity index is 1.37. The number of piperidine rings is 2. The van der Waals surface area contributed by atoms with Crippen molar-refractivity contribution >= 4 is 39.1 Å². The van der Waals surface area contributed by atoms with Crippen LogP contribution in [0.5, 0.6) is 0 Å². The third-order valence-corrected chi connectivity index (χ3v) is 8.86. The molecule has 1 aromatic heterocycles.